The van der Waals surface area contributed by atoms with E-state index in [0.29, 0.717) is 36.3 Å². The van der Waals surface area contributed by atoms with Crippen LogP contribution in [0.3, 0.4) is 0 Å². The van der Waals surface area contributed by atoms with Gasteiger partial charge in [0.2, 0.25) is 5.95 Å². The van der Waals surface area contributed by atoms with Crippen LogP contribution in [0.2, 0.25) is 0 Å². The minimum Gasteiger partial charge on any atom is -0.486 e. The smallest absolute Gasteiger partial charge is 0.337 e. The summed E-state index contributed by atoms with van der Waals surface area (Å²) in [5.74, 6) is 2.09. The van der Waals surface area contributed by atoms with Crippen LogP contribution in [0.25, 0.3) is 0 Å². The van der Waals surface area contributed by atoms with Gasteiger partial charge in [-0.2, -0.15) is 4.98 Å². The molecule has 0 saturated heterocycles. The second kappa shape index (κ2) is 7.83. The van der Waals surface area contributed by atoms with Gasteiger partial charge in [-0.15, -0.1) is 0 Å². The van der Waals surface area contributed by atoms with Crippen LogP contribution in [0.5, 0.6) is 11.5 Å². The molecule has 142 valence electrons. The van der Waals surface area contributed by atoms with Gasteiger partial charge in [-0.05, 0) is 42.5 Å². The van der Waals surface area contributed by atoms with Crippen LogP contribution in [0.1, 0.15) is 10.4 Å². The second-order valence-electron chi connectivity index (χ2n) is 5.94. The van der Waals surface area contributed by atoms with Crippen molar-refractivity contribution in [2.75, 3.05) is 31.0 Å². The van der Waals surface area contributed by atoms with E-state index >= 15 is 0 Å². The first-order valence-electron chi connectivity index (χ1n) is 8.66. The molecule has 28 heavy (non-hydrogen) atoms. The summed E-state index contributed by atoms with van der Waals surface area (Å²) in [4.78, 5) is 20.2. The Kier molecular flexibility index (Phi) is 4.92. The lowest BCUT2D eigenvalue weighted by molar-refractivity contribution is 0.0601. The third kappa shape index (κ3) is 3.96. The van der Waals surface area contributed by atoms with E-state index in [1.807, 2.05) is 18.2 Å². The van der Waals surface area contributed by atoms with Gasteiger partial charge in [-0.3, -0.25) is 0 Å². The summed E-state index contributed by atoms with van der Waals surface area (Å²) in [5, 5.41) is 6.33. The number of hydrogen-bond donors (Lipinski definition) is 2. The molecule has 4 rings (SSSR count). The molecular weight excluding hydrogens is 360 g/mol. The number of aromatic nitrogens is 2. The van der Waals surface area contributed by atoms with Crippen LogP contribution in [-0.4, -0.2) is 36.3 Å². The van der Waals surface area contributed by atoms with Gasteiger partial charge in [0.05, 0.1) is 12.7 Å². The van der Waals surface area contributed by atoms with Crippen molar-refractivity contribution in [3.63, 3.8) is 0 Å². The molecule has 0 fully saturated rings. The maximum absolute atomic E-state index is 11.5. The normalized spacial score (nSPS) is 12.2. The van der Waals surface area contributed by atoms with Crippen molar-refractivity contribution >= 4 is 29.1 Å². The SMILES string of the molecule is COC(=O)c1ccc(Nc2ccnc(Nc3ccc4c(c3)OCCO4)n2)cc1. The van der Waals surface area contributed by atoms with E-state index in [1.165, 1.54) is 7.11 Å². The lowest BCUT2D eigenvalue weighted by atomic mass is 10.2. The number of benzene rings is 2. The topological polar surface area (TPSA) is 94.6 Å². The van der Waals surface area contributed by atoms with Crippen LogP contribution in [-0.2, 0) is 4.74 Å². The highest BCUT2D eigenvalue weighted by atomic mass is 16.6. The number of hydrogen-bond acceptors (Lipinski definition) is 8. The van der Waals surface area contributed by atoms with Crippen molar-refractivity contribution in [1.82, 2.24) is 9.97 Å². The van der Waals surface area contributed by atoms with Crippen LogP contribution >= 0.6 is 0 Å². The predicted molar refractivity (Wildman–Crippen MR) is 104 cm³/mol. The number of nitrogens with zero attached hydrogens (tertiary/aromatic N) is 2. The molecule has 0 spiro atoms. The molecule has 0 amide bonds. The Labute approximate surface area is 161 Å². The average molecular weight is 378 g/mol. The van der Waals surface area contributed by atoms with E-state index in [0.717, 1.165) is 17.1 Å². The Morgan fingerprint density at radius 2 is 1.71 bits per heavy atom. The van der Waals surface area contributed by atoms with E-state index < -0.39 is 0 Å². The van der Waals surface area contributed by atoms with E-state index in [1.54, 1.807) is 36.5 Å². The number of rotatable bonds is 5. The predicted octanol–water partition coefficient (Wildman–Crippen LogP) is 3.52. The zero-order chi connectivity index (χ0) is 19.3. The molecule has 0 atom stereocenters. The largest absolute Gasteiger partial charge is 0.486 e. The van der Waals surface area contributed by atoms with E-state index in [4.69, 9.17) is 14.2 Å². The number of carbonyl (C=O) groups excluding carboxylic acids is 1. The molecule has 1 aliphatic rings. The first kappa shape index (κ1) is 17.6. The van der Waals surface area contributed by atoms with Gasteiger partial charge in [-0.1, -0.05) is 0 Å². The molecule has 3 aromatic rings. The summed E-state index contributed by atoms with van der Waals surface area (Å²) in [6.45, 7) is 1.08. The van der Waals surface area contributed by atoms with Crippen LogP contribution in [0.15, 0.2) is 54.7 Å². The minimum absolute atomic E-state index is 0.375. The Hall–Kier alpha value is -3.81. The molecule has 0 unspecified atom stereocenters. The van der Waals surface area contributed by atoms with Crippen LogP contribution in [0.4, 0.5) is 23.1 Å². The Balaban J connectivity index is 1.46. The van der Waals surface area contributed by atoms with Crippen molar-refractivity contribution in [3.8, 4) is 11.5 Å². The summed E-state index contributed by atoms with van der Waals surface area (Å²) in [5.41, 5.74) is 2.07. The van der Waals surface area contributed by atoms with Crippen molar-refractivity contribution in [1.29, 1.82) is 0 Å². The summed E-state index contributed by atoms with van der Waals surface area (Å²) in [6, 6.07) is 14.3. The summed E-state index contributed by atoms with van der Waals surface area (Å²) in [7, 11) is 1.35. The fraction of sp³-hybridized carbons (Fsp3) is 0.150. The summed E-state index contributed by atoms with van der Waals surface area (Å²) in [6.07, 6.45) is 1.65. The molecule has 8 nitrogen and oxygen atoms in total. The molecule has 1 aromatic heterocycles. The summed E-state index contributed by atoms with van der Waals surface area (Å²) < 4.78 is 15.8. The molecule has 1 aliphatic heterocycles. The van der Waals surface area contributed by atoms with Crippen molar-refractivity contribution in [2.24, 2.45) is 0 Å². The van der Waals surface area contributed by atoms with Gasteiger partial charge in [0.1, 0.15) is 19.0 Å². The molecule has 2 aromatic carbocycles. The molecule has 0 aliphatic carbocycles. The van der Waals surface area contributed by atoms with Crippen molar-refractivity contribution in [3.05, 3.63) is 60.3 Å². The number of methoxy groups -OCH3 is 1. The molecule has 0 radical (unpaired) electrons. The van der Waals surface area contributed by atoms with Gasteiger partial charge in [0.15, 0.2) is 11.5 Å². The zero-order valence-electron chi connectivity index (χ0n) is 15.1. The number of fused-ring (bicyclic) bond motifs is 1. The zero-order valence-corrected chi connectivity index (χ0v) is 15.1. The van der Waals surface area contributed by atoms with Crippen molar-refractivity contribution < 1.29 is 19.0 Å². The van der Waals surface area contributed by atoms with Gasteiger partial charge in [-0.25, -0.2) is 9.78 Å². The van der Waals surface area contributed by atoms with Gasteiger partial charge < -0.3 is 24.8 Å². The van der Waals surface area contributed by atoms with Crippen LogP contribution < -0.4 is 20.1 Å². The fourth-order valence-corrected chi connectivity index (χ4v) is 2.69. The Morgan fingerprint density at radius 1 is 0.964 bits per heavy atom. The number of anilines is 4. The maximum atomic E-state index is 11.5. The third-order valence-electron chi connectivity index (χ3n) is 4.03. The Bertz CT molecular complexity index is 992. The van der Waals surface area contributed by atoms with Gasteiger partial charge in [0.25, 0.3) is 0 Å². The fourth-order valence-electron chi connectivity index (χ4n) is 2.69. The lowest BCUT2D eigenvalue weighted by Crippen LogP contribution is -2.15. The highest BCUT2D eigenvalue weighted by Crippen LogP contribution is 2.33. The van der Waals surface area contributed by atoms with Crippen molar-refractivity contribution in [2.45, 2.75) is 0 Å². The third-order valence-corrected chi connectivity index (χ3v) is 4.03. The van der Waals surface area contributed by atoms with E-state index in [9.17, 15) is 4.79 Å². The second-order valence-corrected chi connectivity index (χ2v) is 5.94. The number of carbonyl (C=O) groups is 1. The standard InChI is InChI=1S/C20H18N4O4/c1-26-19(25)13-2-4-14(5-3-13)22-18-8-9-21-20(24-18)23-15-6-7-16-17(12-15)28-11-10-27-16/h2-9,12H,10-11H2,1H3,(H2,21,22,23,24). The lowest BCUT2D eigenvalue weighted by Gasteiger charge is -2.19. The first-order valence-corrected chi connectivity index (χ1v) is 8.66. The number of esters is 1. The monoisotopic (exact) mass is 378 g/mol. The quantitative estimate of drug-likeness (QED) is 0.651. The average Bonchev–Trinajstić information content (AvgIpc) is 2.74. The van der Waals surface area contributed by atoms with E-state index in [-0.39, 0.29) is 5.97 Å². The summed E-state index contributed by atoms with van der Waals surface area (Å²) >= 11 is 0. The molecule has 2 heterocycles. The van der Waals surface area contributed by atoms with Gasteiger partial charge in [0, 0.05) is 23.6 Å². The highest BCUT2D eigenvalue weighted by molar-refractivity contribution is 5.89. The molecule has 2 N–H and O–H groups in total. The number of nitrogens with one attached hydrogen (secondary N) is 2. The molecule has 0 saturated carbocycles. The first-order chi connectivity index (χ1) is 13.7. The minimum atomic E-state index is -0.375. The Morgan fingerprint density at radius 3 is 2.50 bits per heavy atom. The molecule has 0 bridgehead atoms. The maximum Gasteiger partial charge on any atom is 0.337 e. The molecular formula is C20H18N4O4. The number of ether oxygens (including phenoxy) is 3. The highest BCUT2D eigenvalue weighted by Gasteiger charge is 2.12. The van der Waals surface area contributed by atoms with E-state index in [2.05, 4.69) is 20.6 Å². The van der Waals surface area contributed by atoms with Crippen LogP contribution in [0, 0.1) is 0 Å². The molecule has 8 heteroatoms. The van der Waals surface area contributed by atoms with Gasteiger partial charge >= 0.3 is 5.97 Å².